The van der Waals surface area contributed by atoms with E-state index in [0.717, 1.165) is 31.5 Å². The number of rotatable bonds is 7. The first-order valence-corrected chi connectivity index (χ1v) is 8.74. The van der Waals surface area contributed by atoms with Crippen LogP contribution in [0.25, 0.3) is 0 Å². The van der Waals surface area contributed by atoms with Crippen molar-refractivity contribution in [1.82, 2.24) is 5.32 Å². The van der Waals surface area contributed by atoms with Crippen molar-refractivity contribution in [3.05, 3.63) is 56.3 Å². The predicted octanol–water partition coefficient (Wildman–Crippen LogP) is 1.56. The summed E-state index contributed by atoms with van der Waals surface area (Å²) in [5, 5.41) is 5.91. The quantitative estimate of drug-likeness (QED) is 0.747. The van der Waals surface area contributed by atoms with Gasteiger partial charge in [-0.05, 0) is 25.3 Å². The maximum Gasteiger partial charge on any atom is 0.253 e. The van der Waals surface area contributed by atoms with Gasteiger partial charge in [-0.2, -0.15) is 0 Å². The monoisotopic (exact) mass is 341 g/mol. The number of hydrogen-bond donors (Lipinski definition) is 2. The summed E-state index contributed by atoms with van der Waals surface area (Å²) in [5.41, 5.74) is 1.03. The fourth-order valence-corrected chi connectivity index (χ4v) is 3.23. The molecule has 6 nitrogen and oxygen atoms in total. The van der Waals surface area contributed by atoms with Crippen LogP contribution < -0.4 is 26.4 Å². The Balaban J connectivity index is 1.50. The Morgan fingerprint density at radius 3 is 2.48 bits per heavy atom. The SMILES string of the molecule is C[C@@H](NC(=O)CCNc1c(N2CCCC2)c(=O)c1=O)c1ccccc1. The highest BCUT2D eigenvalue weighted by atomic mass is 16.2. The third kappa shape index (κ3) is 3.73. The highest BCUT2D eigenvalue weighted by Gasteiger charge is 2.27. The van der Waals surface area contributed by atoms with E-state index in [4.69, 9.17) is 0 Å². The van der Waals surface area contributed by atoms with E-state index in [0.29, 0.717) is 17.9 Å². The Bertz CT molecular complexity index is 803. The van der Waals surface area contributed by atoms with Crippen molar-refractivity contribution in [2.75, 3.05) is 29.9 Å². The zero-order valence-electron chi connectivity index (χ0n) is 14.4. The van der Waals surface area contributed by atoms with Crippen molar-refractivity contribution in [1.29, 1.82) is 0 Å². The van der Waals surface area contributed by atoms with Crippen molar-refractivity contribution in [2.24, 2.45) is 0 Å². The lowest BCUT2D eigenvalue weighted by Crippen LogP contribution is -2.42. The van der Waals surface area contributed by atoms with Gasteiger partial charge >= 0.3 is 0 Å². The Hall–Kier alpha value is -2.63. The third-order valence-electron chi connectivity index (χ3n) is 4.64. The second-order valence-corrected chi connectivity index (χ2v) is 6.45. The summed E-state index contributed by atoms with van der Waals surface area (Å²) in [6.07, 6.45) is 2.32. The smallest absolute Gasteiger partial charge is 0.253 e. The van der Waals surface area contributed by atoms with Crippen LogP contribution in [0.5, 0.6) is 0 Å². The molecule has 1 aliphatic rings. The molecule has 1 amide bonds. The number of anilines is 2. The molecule has 0 aromatic heterocycles. The van der Waals surface area contributed by atoms with Gasteiger partial charge in [0.1, 0.15) is 11.4 Å². The van der Waals surface area contributed by atoms with E-state index < -0.39 is 10.9 Å². The number of carbonyl (C=O) groups is 1. The van der Waals surface area contributed by atoms with Crippen LogP contribution in [0.2, 0.25) is 0 Å². The molecule has 1 aliphatic heterocycles. The normalized spacial score (nSPS) is 15.3. The Morgan fingerprint density at radius 1 is 1.12 bits per heavy atom. The molecule has 0 radical (unpaired) electrons. The van der Waals surface area contributed by atoms with Crippen molar-refractivity contribution < 1.29 is 4.79 Å². The largest absolute Gasteiger partial charge is 0.379 e. The first kappa shape index (κ1) is 17.2. The highest BCUT2D eigenvalue weighted by molar-refractivity contribution is 5.78. The van der Waals surface area contributed by atoms with Gasteiger partial charge in [0.2, 0.25) is 5.91 Å². The molecule has 0 bridgehead atoms. The van der Waals surface area contributed by atoms with Crippen molar-refractivity contribution in [2.45, 2.75) is 32.2 Å². The van der Waals surface area contributed by atoms with Crippen LogP contribution >= 0.6 is 0 Å². The van der Waals surface area contributed by atoms with E-state index in [1.165, 1.54) is 0 Å². The van der Waals surface area contributed by atoms with E-state index in [1.54, 1.807) is 0 Å². The molecule has 2 N–H and O–H groups in total. The van der Waals surface area contributed by atoms with E-state index in [9.17, 15) is 14.4 Å². The molecule has 0 saturated carbocycles. The molecule has 1 heterocycles. The molecule has 1 saturated heterocycles. The molecule has 1 fully saturated rings. The van der Waals surface area contributed by atoms with Crippen LogP contribution in [0, 0.1) is 0 Å². The zero-order valence-corrected chi connectivity index (χ0v) is 14.4. The van der Waals surface area contributed by atoms with Crippen molar-refractivity contribution >= 4 is 17.3 Å². The van der Waals surface area contributed by atoms with Crippen LogP contribution in [-0.4, -0.2) is 25.5 Å². The molecule has 6 heteroatoms. The minimum atomic E-state index is -0.472. The molecule has 2 aromatic carbocycles. The number of carbonyl (C=O) groups excluding carboxylic acids is 1. The fourth-order valence-electron chi connectivity index (χ4n) is 3.23. The number of hydrogen-bond acceptors (Lipinski definition) is 5. The molecule has 0 spiro atoms. The first-order valence-electron chi connectivity index (χ1n) is 8.74. The van der Waals surface area contributed by atoms with Crippen LogP contribution in [0.1, 0.15) is 37.8 Å². The summed E-state index contributed by atoms with van der Waals surface area (Å²) in [4.78, 5) is 37.6. The first-order chi connectivity index (χ1) is 12.1. The van der Waals surface area contributed by atoms with Crippen molar-refractivity contribution in [3.63, 3.8) is 0 Å². The lowest BCUT2D eigenvalue weighted by molar-refractivity contribution is -0.121. The second-order valence-electron chi connectivity index (χ2n) is 6.45. The number of nitrogens with one attached hydrogen (secondary N) is 2. The topological polar surface area (TPSA) is 78.5 Å². The molecule has 2 aromatic rings. The molecule has 0 aliphatic carbocycles. The molecular formula is C19H23N3O3. The van der Waals surface area contributed by atoms with Gasteiger partial charge in [-0.1, -0.05) is 30.3 Å². The molecule has 132 valence electrons. The van der Waals surface area contributed by atoms with E-state index in [2.05, 4.69) is 10.6 Å². The second kappa shape index (κ2) is 7.51. The Kier molecular flexibility index (Phi) is 5.16. The maximum atomic E-state index is 12.1. The fraction of sp³-hybridized carbons (Fsp3) is 0.421. The molecule has 3 rings (SSSR count). The van der Waals surface area contributed by atoms with Gasteiger partial charge in [0.15, 0.2) is 0 Å². The highest BCUT2D eigenvalue weighted by Crippen LogP contribution is 2.24. The predicted molar refractivity (Wildman–Crippen MR) is 98.9 cm³/mol. The molecule has 1 atom stereocenters. The van der Waals surface area contributed by atoms with Gasteiger partial charge in [-0.3, -0.25) is 14.4 Å². The van der Waals surface area contributed by atoms with Crippen LogP contribution in [0.4, 0.5) is 11.4 Å². The lowest BCUT2D eigenvalue weighted by Gasteiger charge is -2.22. The van der Waals surface area contributed by atoms with Crippen molar-refractivity contribution in [3.8, 4) is 0 Å². The van der Waals surface area contributed by atoms with Gasteiger partial charge < -0.3 is 15.5 Å². The maximum absolute atomic E-state index is 12.1. The Morgan fingerprint density at radius 2 is 1.80 bits per heavy atom. The summed E-state index contributed by atoms with van der Waals surface area (Å²) in [6, 6.07) is 9.67. The average molecular weight is 341 g/mol. The summed E-state index contributed by atoms with van der Waals surface area (Å²) in [5.74, 6) is -0.0923. The summed E-state index contributed by atoms with van der Waals surface area (Å²) >= 11 is 0. The number of nitrogens with zero attached hydrogens (tertiary/aromatic N) is 1. The summed E-state index contributed by atoms with van der Waals surface area (Å²) in [6.45, 7) is 3.89. The molecular weight excluding hydrogens is 318 g/mol. The van der Waals surface area contributed by atoms with E-state index >= 15 is 0 Å². The van der Waals surface area contributed by atoms with Gasteiger partial charge in [-0.15, -0.1) is 0 Å². The molecule has 25 heavy (non-hydrogen) atoms. The standard InChI is InChI=1S/C19H23N3O3/c1-13(14-7-3-2-4-8-14)21-15(23)9-10-20-16-17(19(25)18(16)24)22-11-5-6-12-22/h2-4,7-8,13,20H,5-6,9-12H2,1H3,(H,21,23)/t13-/m1/s1. The zero-order chi connectivity index (χ0) is 17.8. The molecule has 0 unspecified atom stereocenters. The van der Waals surface area contributed by atoms with Gasteiger partial charge in [-0.25, -0.2) is 0 Å². The van der Waals surface area contributed by atoms with E-state index in [1.807, 2.05) is 42.2 Å². The van der Waals surface area contributed by atoms with Gasteiger partial charge in [0, 0.05) is 26.1 Å². The lowest BCUT2D eigenvalue weighted by atomic mass is 10.1. The number of amides is 1. The summed E-state index contributed by atoms with van der Waals surface area (Å²) in [7, 11) is 0. The average Bonchev–Trinajstić information content (AvgIpc) is 3.14. The van der Waals surface area contributed by atoms with E-state index in [-0.39, 0.29) is 18.4 Å². The third-order valence-corrected chi connectivity index (χ3v) is 4.64. The Labute approximate surface area is 146 Å². The number of benzene rings is 1. The van der Waals surface area contributed by atoms with Crippen LogP contribution in [-0.2, 0) is 4.79 Å². The minimum Gasteiger partial charge on any atom is -0.379 e. The van der Waals surface area contributed by atoms with Crippen LogP contribution in [0.3, 0.4) is 0 Å². The minimum absolute atomic E-state index is 0.0695. The summed E-state index contributed by atoms with van der Waals surface area (Å²) < 4.78 is 0. The van der Waals surface area contributed by atoms with Gasteiger partial charge in [0.05, 0.1) is 6.04 Å². The van der Waals surface area contributed by atoms with Gasteiger partial charge in [0.25, 0.3) is 10.9 Å². The van der Waals surface area contributed by atoms with Crippen LogP contribution in [0.15, 0.2) is 39.9 Å².